The maximum atomic E-state index is 5.43. The molecule has 2 aromatic heterocycles. The molecule has 0 atom stereocenters. The van der Waals surface area contributed by atoms with Gasteiger partial charge in [-0.05, 0) is 42.5 Å². The molecule has 1 aromatic carbocycles. The standard InChI is InChI=1S/C19H22N4OS/c1-14-4-3-5-17(15(14)2)23-9-7-22(8-10-23)12-18-20-19(21-24-18)16-6-11-25-13-16/h3-6,11,13H,7-10,12H2,1-2H3. The van der Waals surface area contributed by atoms with Gasteiger partial charge in [0.2, 0.25) is 11.7 Å². The van der Waals surface area contributed by atoms with E-state index in [2.05, 4.69) is 52.0 Å². The Kier molecular flexibility index (Phi) is 4.55. The van der Waals surface area contributed by atoms with E-state index in [-0.39, 0.29) is 0 Å². The average Bonchev–Trinajstić information content (AvgIpc) is 3.30. The van der Waals surface area contributed by atoms with Crippen LogP contribution in [-0.4, -0.2) is 41.2 Å². The van der Waals surface area contributed by atoms with E-state index in [0.717, 1.165) is 38.3 Å². The Hall–Kier alpha value is -2.18. The number of thiophene rings is 1. The second-order valence-corrected chi connectivity index (χ2v) is 7.29. The minimum atomic E-state index is 0.685. The maximum absolute atomic E-state index is 5.43. The zero-order chi connectivity index (χ0) is 17.2. The summed E-state index contributed by atoms with van der Waals surface area (Å²) in [6, 6.07) is 8.57. The number of hydrogen-bond acceptors (Lipinski definition) is 6. The number of nitrogens with zero attached hydrogens (tertiary/aromatic N) is 4. The second-order valence-electron chi connectivity index (χ2n) is 6.51. The van der Waals surface area contributed by atoms with E-state index < -0.39 is 0 Å². The molecular weight excluding hydrogens is 332 g/mol. The molecule has 1 fully saturated rings. The van der Waals surface area contributed by atoms with Gasteiger partial charge in [0.25, 0.3) is 0 Å². The van der Waals surface area contributed by atoms with E-state index in [1.165, 1.54) is 16.8 Å². The SMILES string of the molecule is Cc1cccc(N2CCN(Cc3nc(-c4ccsc4)no3)CC2)c1C. The quantitative estimate of drug-likeness (QED) is 0.714. The molecule has 0 unspecified atom stereocenters. The molecule has 1 saturated heterocycles. The average molecular weight is 354 g/mol. The Bertz CT molecular complexity index is 835. The number of rotatable bonds is 4. The molecule has 0 spiro atoms. The van der Waals surface area contributed by atoms with Gasteiger partial charge in [0.05, 0.1) is 6.54 Å². The molecule has 0 bridgehead atoms. The Morgan fingerprint density at radius 2 is 1.96 bits per heavy atom. The van der Waals surface area contributed by atoms with E-state index in [1.54, 1.807) is 11.3 Å². The molecule has 3 aromatic rings. The summed E-state index contributed by atoms with van der Waals surface area (Å²) in [5, 5.41) is 8.16. The summed E-state index contributed by atoms with van der Waals surface area (Å²) in [5.41, 5.74) is 5.12. The Balaban J connectivity index is 1.37. The van der Waals surface area contributed by atoms with E-state index in [1.807, 2.05) is 16.8 Å². The fourth-order valence-electron chi connectivity index (χ4n) is 3.24. The van der Waals surface area contributed by atoms with Gasteiger partial charge in [0.1, 0.15) is 0 Å². The summed E-state index contributed by atoms with van der Waals surface area (Å²) in [5.74, 6) is 1.38. The van der Waals surface area contributed by atoms with Gasteiger partial charge in [-0.1, -0.05) is 17.3 Å². The van der Waals surface area contributed by atoms with Crippen LogP contribution in [0.2, 0.25) is 0 Å². The van der Waals surface area contributed by atoms with Gasteiger partial charge in [-0.15, -0.1) is 0 Å². The third-order valence-corrected chi connectivity index (χ3v) is 5.58. The first-order valence-electron chi connectivity index (χ1n) is 8.59. The fourth-order valence-corrected chi connectivity index (χ4v) is 3.88. The number of aromatic nitrogens is 2. The van der Waals surface area contributed by atoms with Gasteiger partial charge in [-0.25, -0.2) is 0 Å². The molecule has 5 nitrogen and oxygen atoms in total. The molecule has 0 radical (unpaired) electrons. The molecule has 0 N–H and O–H groups in total. The number of aryl methyl sites for hydroxylation is 1. The first kappa shape index (κ1) is 16.3. The van der Waals surface area contributed by atoms with Gasteiger partial charge in [-0.3, -0.25) is 4.90 Å². The highest BCUT2D eigenvalue weighted by molar-refractivity contribution is 7.08. The van der Waals surface area contributed by atoms with Gasteiger partial charge < -0.3 is 9.42 Å². The summed E-state index contributed by atoms with van der Waals surface area (Å²) < 4.78 is 5.43. The van der Waals surface area contributed by atoms with Gasteiger partial charge >= 0.3 is 0 Å². The van der Waals surface area contributed by atoms with Crippen LogP contribution in [0.15, 0.2) is 39.5 Å². The molecule has 3 heterocycles. The van der Waals surface area contributed by atoms with Crippen LogP contribution >= 0.6 is 11.3 Å². The Labute approximate surface area is 151 Å². The second kappa shape index (κ2) is 6.98. The van der Waals surface area contributed by atoms with Crippen LogP contribution in [0, 0.1) is 13.8 Å². The highest BCUT2D eigenvalue weighted by atomic mass is 32.1. The highest BCUT2D eigenvalue weighted by Crippen LogP contribution is 2.24. The zero-order valence-corrected chi connectivity index (χ0v) is 15.4. The van der Waals surface area contributed by atoms with Crippen molar-refractivity contribution in [1.29, 1.82) is 0 Å². The first-order valence-corrected chi connectivity index (χ1v) is 9.53. The van der Waals surface area contributed by atoms with E-state index in [9.17, 15) is 0 Å². The lowest BCUT2D eigenvalue weighted by Crippen LogP contribution is -2.46. The normalized spacial score (nSPS) is 15.7. The third kappa shape index (κ3) is 3.45. The van der Waals surface area contributed by atoms with Crippen LogP contribution in [-0.2, 0) is 6.54 Å². The highest BCUT2D eigenvalue weighted by Gasteiger charge is 2.21. The van der Waals surface area contributed by atoms with Crippen LogP contribution in [0.5, 0.6) is 0 Å². The van der Waals surface area contributed by atoms with E-state index in [0.29, 0.717) is 11.7 Å². The molecular formula is C19H22N4OS. The van der Waals surface area contributed by atoms with Crippen molar-refractivity contribution in [3.63, 3.8) is 0 Å². The Morgan fingerprint density at radius 3 is 2.72 bits per heavy atom. The van der Waals surface area contributed by atoms with Crippen molar-refractivity contribution in [2.24, 2.45) is 0 Å². The lowest BCUT2D eigenvalue weighted by atomic mass is 10.1. The molecule has 1 aliphatic rings. The van der Waals surface area contributed by atoms with Crippen LogP contribution in [0.4, 0.5) is 5.69 Å². The largest absolute Gasteiger partial charge is 0.369 e. The van der Waals surface area contributed by atoms with Gasteiger partial charge in [0.15, 0.2) is 0 Å². The lowest BCUT2D eigenvalue weighted by Gasteiger charge is -2.36. The zero-order valence-electron chi connectivity index (χ0n) is 14.6. The topological polar surface area (TPSA) is 45.4 Å². The van der Waals surface area contributed by atoms with Gasteiger partial charge in [-0.2, -0.15) is 16.3 Å². The number of piperazine rings is 1. The van der Waals surface area contributed by atoms with Crippen molar-refractivity contribution < 1.29 is 4.52 Å². The third-order valence-electron chi connectivity index (χ3n) is 4.90. The first-order chi connectivity index (χ1) is 12.2. The van der Waals surface area contributed by atoms with E-state index in [4.69, 9.17) is 4.52 Å². The molecule has 0 aliphatic carbocycles. The molecule has 0 saturated carbocycles. The van der Waals surface area contributed by atoms with Crippen LogP contribution in [0.1, 0.15) is 17.0 Å². The predicted molar refractivity (Wildman–Crippen MR) is 101 cm³/mol. The minimum Gasteiger partial charge on any atom is -0.369 e. The van der Waals surface area contributed by atoms with Crippen LogP contribution < -0.4 is 4.90 Å². The van der Waals surface area contributed by atoms with E-state index >= 15 is 0 Å². The van der Waals surface area contributed by atoms with Crippen molar-refractivity contribution in [2.75, 3.05) is 31.1 Å². The van der Waals surface area contributed by atoms with Crippen molar-refractivity contribution in [2.45, 2.75) is 20.4 Å². The minimum absolute atomic E-state index is 0.685. The van der Waals surface area contributed by atoms with Gasteiger partial charge in [0, 0.05) is 42.8 Å². The predicted octanol–water partition coefficient (Wildman–Crippen LogP) is 3.74. The number of hydrogen-bond donors (Lipinski definition) is 0. The summed E-state index contributed by atoms with van der Waals surface area (Å²) >= 11 is 1.64. The molecule has 1 aliphatic heterocycles. The molecule has 0 amide bonds. The van der Waals surface area contributed by atoms with Crippen LogP contribution in [0.3, 0.4) is 0 Å². The lowest BCUT2D eigenvalue weighted by molar-refractivity contribution is 0.215. The van der Waals surface area contributed by atoms with Crippen molar-refractivity contribution in [3.05, 3.63) is 52.0 Å². The summed E-state index contributed by atoms with van der Waals surface area (Å²) in [6.07, 6.45) is 0. The number of anilines is 1. The summed E-state index contributed by atoms with van der Waals surface area (Å²) in [6.45, 7) is 9.16. The summed E-state index contributed by atoms with van der Waals surface area (Å²) in [7, 11) is 0. The molecule has 130 valence electrons. The smallest absolute Gasteiger partial charge is 0.241 e. The summed E-state index contributed by atoms with van der Waals surface area (Å²) in [4.78, 5) is 9.38. The Morgan fingerprint density at radius 1 is 1.12 bits per heavy atom. The monoisotopic (exact) mass is 354 g/mol. The molecule has 25 heavy (non-hydrogen) atoms. The maximum Gasteiger partial charge on any atom is 0.241 e. The fraction of sp³-hybridized carbons (Fsp3) is 0.368. The van der Waals surface area contributed by atoms with Crippen molar-refractivity contribution >= 4 is 17.0 Å². The molecule has 4 rings (SSSR count). The van der Waals surface area contributed by atoms with Crippen molar-refractivity contribution in [3.8, 4) is 11.4 Å². The van der Waals surface area contributed by atoms with Crippen molar-refractivity contribution in [1.82, 2.24) is 15.0 Å². The molecule has 6 heteroatoms. The number of benzene rings is 1. The van der Waals surface area contributed by atoms with Crippen LogP contribution in [0.25, 0.3) is 11.4 Å².